The van der Waals surface area contributed by atoms with Crippen molar-refractivity contribution >= 4 is 17.2 Å². The molecule has 2 aromatic rings. The molecule has 1 amide bonds. The molecule has 2 aromatic heterocycles. The Bertz CT molecular complexity index is 643. The molecule has 0 bridgehead atoms. The number of rotatable bonds is 3. The lowest BCUT2D eigenvalue weighted by Gasteiger charge is -2.34. The van der Waals surface area contributed by atoms with Crippen LogP contribution in [-0.2, 0) is 11.2 Å². The van der Waals surface area contributed by atoms with Crippen molar-refractivity contribution in [3.63, 3.8) is 0 Å². The van der Waals surface area contributed by atoms with Crippen LogP contribution in [0.2, 0.25) is 0 Å². The number of imidazole rings is 1. The predicted molar refractivity (Wildman–Crippen MR) is 82.0 cm³/mol. The average molecular weight is 287 g/mol. The number of nitrogen functional groups attached to an aromatic ring is 1. The maximum atomic E-state index is 11.3. The number of amides is 1. The van der Waals surface area contributed by atoms with Crippen LogP contribution in [0, 0.1) is 0 Å². The van der Waals surface area contributed by atoms with Gasteiger partial charge < -0.3 is 15.0 Å². The van der Waals surface area contributed by atoms with Crippen molar-refractivity contribution < 1.29 is 4.79 Å². The molecule has 0 aliphatic carbocycles. The normalized spacial score (nSPS) is 16.5. The van der Waals surface area contributed by atoms with Crippen LogP contribution in [0.15, 0.2) is 24.5 Å². The fourth-order valence-electron chi connectivity index (χ4n) is 2.74. The predicted octanol–water partition coefficient (Wildman–Crippen LogP) is 0.623. The maximum absolute atomic E-state index is 11.3. The lowest BCUT2D eigenvalue weighted by molar-refractivity contribution is -0.130. The molecule has 1 saturated heterocycles. The zero-order chi connectivity index (χ0) is 14.8. The molecule has 1 aliphatic heterocycles. The molecule has 21 heavy (non-hydrogen) atoms. The first-order chi connectivity index (χ1) is 10.1. The minimum absolute atomic E-state index is 0.174. The van der Waals surface area contributed by atoms with Gasteiger partial charge in [-0.1, -0.05) is 0 Å². The molecule has 3 heterocycles. The van der Waals surface area contributed by atoms with E-state index in [0.29, 0.717) is 0 Å². The van der Waals surface area contributed by atoms with E-state index in [4.69, 9.17) is 5.73 Å². The summed E-state index contributed by atoms with van der Waals surface area (Å²) in [6, 6.07) is 3.80. The van der Waals surface area contributed by atoms with E-state index in [0.717, 1.165) is 56.2 Å². The quantitative estimate of drug-likeness (QED) is 0.899. The summed E-state index contributed by atoms with van der Waals surface area (Å²) in [5.41, 5.74) is 8.52. The Morgan fingerprint density at radius 1 is 1.24 bits per heavy atom. The molecule has 0 aromatic carbocycles. The molecule has 6 nitrogen and oxygen atoms in total. The van der Waals surface area contributed by atoms with Crippen LogP contribution in [-0.4, -0.2) is 57.8 Å². The number of carbonyl (C=O) groups excluding carboxylic acids is 1. The van der Waals surface area contributed by atoms with Gasteiger partial charge in [0, 0.05) is 64.1 Å². The first-order valence-electron chi connectivity index (χ1n) is 7.33. The third kappa shape index (κ3) is 3.16. The van der Waals surface area contributed by atoms with Crippen LogP contribution in [0.4, 0.5) is 5.69 Å². The highest BCUT2D eigenvalue weighted by Gasteiger charge is 2.18. The van der Waals surface area contributed by atoms with E-state index >= 15 is 0 Å². The highest BCUT2D eigenvalue weighted by Crippen LogP contribution is 2.10. The van der Waals surface area contributed by atoms with Crippen LogP contribution in [0.1, 0.15) is 12.6 Å². The Labute approximate surface area is 124 Å². The SMILES string of the molecule is CC(=O)N1CCN(CCc2cn3cc(N)ccc3n2)CC1. The second-order valence-electron chi connectivity index (χ2n) is 5.56. The summed E-state index contributed by atoms with van der Waals surface area (Å²) in [6.45, 7) is 6.16. The molecule has 0 saturated carbocycles. The largest absolute Gasteiger partial charge is 0.398 e. The van der Waals surface area contributed by atoms with E-state index in [1.54, 1.807) is 6.92 Å². The van der Waals surface area contributed by atoms with Gasteiger partial charge >= 0.3 is 0 Å². The molecule has 1 aliphatic rings. The van der Waals surface area contributed by atoms with Crippen LogP contribution < -0.4 is 5.73 Å². The van der Waals surface area contributed by atoms with E-state index in [1.807, 2.05) is 33.8 Å². The molecule has 0 radical (unpaired) electrons. The number of aromatic nitrogens is 2. The minimum Gasteiger partial charge on any atom is -0.398 e. The van der Waals surface area contributed by atoms with Gasteiger partial charge in [-0.3, -0.25) is 9.69 Å². The van der Waals surface area contributed by atoms with E-state index in [2.05, 4.69) is 9.88 Å². The van der Waals surface area contributed by atoms with Crippen molar-refractivity contribution in [3.05, 3.63) is 30.2 Å². The van der Waals surface area contributed by atoms with Crippen molar-refractivity contribution in [3.8, 4) is 0 Å². The first kappa shape index (κ1) is 13.9. The number of fused-ring (bicyclic) bond motifs is 1. The molecule has 6 heteroatoms. The zero-order valence-electron chi connectivity index (χ0n) is 12.3. The molecule has 0 spiro atoms. The van der Waals surface area contributed by atoms with Gasteiger partial charge in [0.2, 0.25) is 5.91 Å². The molecular formula is C15H21N5O. The monoisotopic (exact) mass is 287 g/mol. The summed E-state index contributed by atoms with van der Waals surface area (Å²) < 4.78 is 1.97. The number of piperazine rings is 1. The van der Waals surface area contributed by atoms with E-state index in [-0.39, 0.29) is 5.91 Å². The fourth-order valence-corrected chi connectivity index (χ4v) is 2.74. The Hall–Kier alpha value is -2.08. The summed E-state index contributed by atoms with van der Waals surface area (Å²) in [5, 5.41) is 0. The summed E-state index contributed by atoms with van der Waals surface area (Å²) >= 11 is 0. The number of nitrogens with zero attached hydrogens (tertiary/aromatic N) is 4. The highest BCUT2D eigenvalue weighted by molar-refractivity contribution is 5.73. The lowest BCUT2D eigenvalue weighted by atomic mass is 10.2. The molecule has 2 N–H and O–H groups in total. The van der Waals surface area contributed by atoms with Crippen LogP contribution >= 0.6 is 0 Å². The molecule has 112 valence electrons. The summed E-state index contributed by atoms with van der Waals surface area (Å²) in [4.78, 5) is 20.2. The van der Waals surface area contributed by atoms with Gasteiger partial charge in [0.25, 0.3) is 0 Å². The van der Waals surface area contributed by atoms with Gasteiger partial charge in [-0.2, -0.15) is 0 Å². The van der Waals surface area contributed by atoms with Crippen molar-refractivity contribution in [2.75, 3.05) is 38.5 Å². The lowest BCUT2D eigenvalue weighted by Crippen LogP contribution is -2.48. The number of hydrogen-bond acceptors (Lipinski definition) is 4. The summed E-state index contributed by atoms with van der Waals surface area (Å²) in [6.07, 6.45) is 4.84. The van der Waals surface area contributed by atoms with E-state index in [9.17, 15) is 4.79 Å². The summed E-state index contributed by atoms with van der Waals surface area (Å²) in [5.74, 6) is 0.174. The van der Waals surface area contributed by atoms with Gasteiger partial charge in [-0.25, -0.2) is 4.98 Å². The van der Waals surface area contributed by atoms with E-state index < -0.39 is 0 Å². The first-order valence-corrected chi connectivity index (χ1v) is 7.33. The molecule has 3 rings (SSSR count). The van der Waals surface area contributed by atoms with Gasteiger partial charge in [0.15, 0.2) is 0 Å². The number of nitrogens with two attached hydrogens (primary N) is 1. The topological polar surface area (TPSA) is 66.9 Å². The molecular weight excluding hydrogens is 266 g/mol. The van der Waals surface area contributed by atoms with Gasteiger partial charge in [-0.15, -0.1) is 0 Å². The second-order valence-corrected chi connectivity index (χ2v) is 5.56. The number of hydrogen-bond donors (Lipinski definition) is 1. The number of anilines is 1. The van der Waals surface area contributed by atoms with Crippen molar-refractivity contribution in [1.82, 2.24) is 19.2 Å². The molecule has 1 fully saturated rings. The van der Waals surface area contributed by atoms with Crippen LogP contribution in [0.5, 0.6) is 0 Å². The third-order valence-corrected chi connectivity index (χ3v) is 4.03. The molecule has 0 unspecified atom stereocenters. The fraction of sp³-hybridized carbons (Fsp3) is 0.467. The van der Waals surface area contributed by atoms with Crippen LogP contribution in [0.25, 0.3) is 5.65 Å². The Balaban J connectivity index is 1.56. The average Bonchev–Trinajstić information content (AvgIpc) is 2.87. The Morgan fingerprint density at radius 2 is 2.00 bits per heavy atom. The number of carbonyl (C=O) groups is 1. The van der Waals surface area contributed by atoms with Crippen LogP contribution in [0.3, 0.4) is 0 Å². The standard InChI is InChI=1S/C15H21N5O/c1-12(21)19-8-6-18(7-9-19)5-4-14-11-20-10-13(16)2-3-15(20)17-14/h2-3,10-11H,4-9,16H2,1H3. The van der Waals surface area contributed by atoms with Gasteiger partial charge in [-0.05, 0) is 12.1 Å². The third-order valence-electron chi connectivity index (χ3n) is 4.03. The van der Waals surface area contributed by atoms with Gasteiger partial charge in [0.1, 0.15) is 5.65 Å². The van der Waals surface area contributed by atoms with Crippen molar-refractivity contribution in [1.29, 1.82) is 0 Å². The zero-order valence-corrected chi connectivity index (χ0v) is 12.3. The van der Waals surface area contributed by atoms with Crippen molar-refractivity contribution in [2.24, 2.45) is 0 Å². The Kier molecular flexibility index (Phi) is 3.79. The Morgan fingerprint density at radius 3 is 2.71 bits per heavy atom. The smallest absolute Gasteiger partial charge is 0.219 e. The molecule has 0 atom stereocenters. The summed E-state index contributed by atoms with van der Waals surface area (Å²) in [7, 11) is 0. The second kappa shape index (κ2) is 5.73. The highest BCUT2D eigenvalue weighted by atomic mass is 16.2. The maximum Gasteiger partial charge on any atom is 0.219 e. The van der Waals surface area contributed by atoms with Crippen molar-refractivity contribution in [2.45, 2.75) is 13.3 Å². The number of pyridine rings is 1. The minimum atomic E-state index is 0.174. The van der Waals surface area contributed by atoms with E-state index in [1.165, 1.54) is 0 Å². The van der Waals surface area contributed by atoms with Gasteiger partial charge in [0.05, 0.1) is 5.69 Å².